The van der Waals surface area contributed by atoms with Gasteiger partial charge in [0, 0.05) is 5.56 Å². The predicted octanol–water partition coefficient (Wildman–Crippen LogP) is 5.34. The summed E-state index contributed by atoms with van der Waals surface area (Å²) in [4.78, 5) is -0.682. The van der Waals surface area contributed by atoms with Crippen LogP contribution in [0.4, 0.5) is 17.6 Å². The standard InChI is InChI=1S/C15H11BrF4/c1-7-5-9(17)6-8(2)12(7)13(16)10-3-4-11(18)15(20)14(10)19/h3-6,13H,1-2H3. The Kier molecular flexibility index (Phi) is 4.18. The molecule has 5 heteroatoms. The Morgan fingerprint density at radius 2 is 1.45 bits per heavy atom. The van der Waals surface area contributed by atoms with Gasteiger partial charge in [-0.05, 0) is 48.7 Å². The van der Waals surface area contributed by atoms with Gasteiger partial charge >= 0.3 is 0 Å². The Labute approximate surface area is 122 Å². The first-order valence-electron chi connectivity index (χ1n) is 5.87. The van der Waals surface area contributed by atoms with Crippen molar-refractivity contribution in [2.24, 2.45) is 0 Å². The molecule has 0 aromatic heterocycles. The number of hydrogen-bond acceptors (Lipinski definition) is 0. The smallest absolute Gasteiger partial charge is 0.194 e. The first-order valence-corrected chi connectivity index (χ1v) is 6.78. The highest BCUT2D eigenvalue weighted by Gasteiger charge is 2.23. The second-order valence-electron chi connectivity index (χ2n) is 4.58. The number of benzene rings is 2. The minimum absolute atomic E-state index is 0.0262. The molecular weight excluding hydrogens is 336 g/mol. The predicted molar refractivity (Wildman–Crippen MR) is 73.0 cm³/mol. The molecule has 0 aliphatic carbocycles. The van der Waals surface area contributed by atoms with Crippen molar-refractivity contribution in [1.29, 1.82) is 0 Å². The zero-order valence-corrected chi connectivity index (χ0v) is 12.4. The number of alkyl halides is 1. The molecule has 0 radical (unpaired) electrons. The zero-order chi connectivity index (χ0) is 15.0. The Bertz CT molecular complexity index is 644. The lowest BCUT2D eigenvalue weighted by Crippen LogP contribution is -2.05. The third kappa shape index (κ3) is 2.59. The zero-order valence-electron chi connectivity index (χ0n) is 10.8. The van der Waals surface area contributed by atoms with Gasteiger partial charge in [0.25, 0.3) is 0 Å². The first kappa shape index (κ1) is 15.0. The molecule has 0 aliphatic heterocycles. The van der Waals surface area contributed by atoms with Crippen molar-refractivity contribution in [2.45, 2.75) is 18.7 Å². The van der Waals surface area contributed by atoms with Crippen molar-refractivity contribution < 1.29 is 17.6 Å². The highest BCUT2D eigenvalue weighted by molar-refractivity contribution is 9.09. The summed E-state index contributed by atoms with van der Waals surface area (Å²) in [6.07, 6.45) is 0. The number of hydrogen-bond donors (Lipinski definition) is 0. The molecule has 2 aromatic rings. The monoisotopic (exact) mass is 346 g/mol. The summed E-state index contributed by atoms with van der Waals surface area (Å²) < 4.78 is 53.4. The molecule has 2 rings (SSSR count). The summed E-state index contributed by atoms with van der Waals surface area (Å²) in [5.41, 5.74) is 1.82. The molecule has 1 unspecified atom stereocenters. The second-order valence-corrected chi connectivity index (χ2v) is 5.50. The van der Waals surface area contributed by atoms with Gasteiger partial charge in [0.15, 0.2) is 17.5 Å². The van der Waals surface area contributed by atoms with Crippen molar-refractivity contribution in [1.82, 2.24) is 0 Å². The Morgan fingerprint density at radius 3 is 2.00 bits per heavy atom. The van der Waals surface area contributed by atoms with Gasteiger partial charge in [-0.15, -0.1) is 0 Å². The molecule has 0 saturated carbocycles. The van der Waals surface area contributed by atoms with Crippen molar-refractivity contribution in [3.63, 3.8) is 0 Å². The van der Waals surface area contributed by atoms with Crippen LogP contribution in [-0.4, -0.2) is 0 Å². The lowest BCUT2D eigenvalue weighted by molar-refractivity contribution is 0.442. The van der Waals surface area contributed by atoms with Gasteiger partial charge in [-0.1, -0.05) is 22.0 Å². The van der Waals surface area contributed by atoms with Crippen LogP contribution in [0.15, 0.2) is 24.3 Å². The largest absolute Gasteiger partial charge is 0.207 e. The summed E-state index contributed by atoms with van der Waals surface area (Å²) in [6.45, 7) is 3.36. The van der Waals surface area contributed by atoms with Crippen molar-refractivity contribution in [3.05, 3.63) is 69.8 Å². The van der Waals surface area contributed by atoms with Crippen LogP contribution in [0.2, 0.25) is 0 Å². The fourth-order valence-corrected chi connectivity index (χ4v) is 3.29. The van der Waals surface area contributed by atoms with E-state index in [2.05, 4.69) is 15.9 Å². The molecule has 0 N–H and O–H groups in total. The molecule has 0 fully saturated rings. The lowest BCUT2D eigenvalue weighted by Gasteiger charge is -2.17. The first-order chi connectivity index (χ1) is 9.32. The van der Waals surface area contributed by atoms with Crippen molar-refractivity contribution >= 4 is 15.9 Å². The van der Waals surface area contributed by atoms with E-state index in [0.29, 0.717) is 16.7 Å². The second kappa shape index (κ2) is 5.56. The molecule has 0 aliphatic rings. The van der Waals surface area contributed by atoms with Crippen molar-refractivity contribution in [2.75, 3.05) is 0 Å². The van der Waals surface area contributed by atoms with Crippen LogP contribution in [0.3, 0.4) is 0 Å². The van der Waals surface area contributed by atoms with E-state index < -0.39 is 28.1 Å². The molecule has 1 atom stereocenters. The van der Waals surface area contributed by atoms with E-state index in [4.69, 9.17) is 0 Å². The maximum absolute atomic E-state index is 13.8. The van der Waals surface area contributed by atoms with Gasteiger partial charge in [-0.2, -0.15) is 0 Å². The van der Waals surface area contributed by atoms with Crippen LogP contribution in [0, 0.1) is 37.1 Å². The minimum Gasteiger partial charge on any atom is -0.207 e. The summed E-state index contributed by atoms with van der Waals surface area (Å²) in [5.74, 6) is -4.38. The molecule has 0 nitrogen and oxygen atoms in total. The summed E-state index contributed by atoms with van der Waals surface area (Å²) in [7, 11) is 0. The number of halogens is 5. The topological polar surface area (TPSA) is 0 Å². The maximum Gasteiger partial charge on any atom is 0.194 e. The van der Waals surface area contributed by atoms with Gasteiger partial charge in [-0.25, -0.2) is 17.6 Å². The highest BCUT2D eigenvalue weighted by atomic mass is 79.9. The molecule has 2 aromatic carbocycles. The summed E-state index contributed by atoms with van der Waals surface area (Å²) in [5, 5.41) is 0. The van der Waals surface area contributed by atoms with Crippen LogP contribution in [0.5, 0.6) is 0 Å². The van der Waals surface area contributed by atoms with E-state index in [0.717, 1.165) is 6.07 Å². The third-order valence-corrected chi connectivity index (χ3v) is 4.10. The summed E-state index contributed by atoms with van der Waals surface area (Å²) in [6, 6.07) is 4.67. The minimum atomic E-state index is -1.51. The fourth-order valence-electron chi connectivity index (χ4n) is 2.21. The van der Waals surface area contributed by atoms with Crippen LogP contribution < -0.4 is 0 Å². The normalized spacial score (nSPS) is 12.6. The van der Waals surface area contributed by atoms with E-state index in [1.807, 2.05) is 0 Å². The molecular formula is C15H11BrF4. The molecule has 0 bridgehead atoms. The van der Waals surface area contributed by atoms with E-state index >= 15 is 0 Å². The maximum atomic E-state index is 13.8. The summed E-state index contributed by atoms with van der Waals surface area (Å²) >= 11 is 3.28. The quantitative estimate of drug-likeness (QED) is 0.391. The molecule has 20 heavy (non-hydrogen) atoms. The lowest BCUT2D eigenvalue weighted by atomic mass is 9.95. The van der Waals surface area contributed by atoms with Gasteiger partial charge < -0.3 is 0 Å². The third-order valence-electron chi connectivity index (χ3n) is 3.15. The van der Waals surface area contributed by atoms with E-state index in [1.54, 1.807) is 13.8 Å². The van der Waals surface area contributed by atoms with E-state index in [9.17, 15) is 17.6 Å². The van der Waals surface area contributed by atoms with Crippen molar-refractivity contribution in [3.8, 4) is 0 Å². The molecule has 0 spiro atoms. The van der Waals surface area contributed by atoms with Crippen LogP contribution in [-0.2, 0) is 0 Å². The average molecular weight is 347 g/mol. The fraction of sp³-hybridized carbons (Fsp3) is 0.200. The van der Waals surface area contributed by atoms with Gasteiger partial charge in [0.1, 0.15) is 5.82 Å². The highest BCUT2D eigenvalue weighted by Crippen LogP contribution is 2.37. The van der Waals surface area contributed by atoms with Gasteiger partial charge in [-0.3, -0.25) is 0 Å². The van der Waals surface area contributed by atoms with Crippen LogP contribution >= 0.6 is 15.9 Å². The van der Waals surface area contributed by atoms with Gasteiger partial charge in [0.2, 0.25) is 0 Å². The molecule has 0 amide bonds. The Morgan fingerprint density at radius 1 is 0.900 bits per heavy atom. The molecule has 106 valence electrons. The molecule has 0 saturated heterocycles. The van der Waals surface area contributed by atoms with Gasteiger partial charge in [0.05, 0.1) is 4.83 Å². The molecule has 0 heterocycles. The Balaban J connectivity index is 2.58. The van der Waals surface area contributed by atoms with Crippen LogP contribution in [0.25, 0.3) is 0 Å². The number of rotatable bonds is 2. The Hall–Kier alpha value is -1.36. The van der Waals surface area contributed by atoms with E-state index in [-0.39, 0.29) is 5.56 Å². The number of aryl methyl sites for hydroxylation is 2. The van der Waals surface area contributed by atoms with Crippen LogP contribution in [0.1, 0.15) is 27.1 Å². The SMILES string of the molecule is Cc1cc(F)cc(C)c1C(Br)c1ccc(F)c(F)c1F. The average Bonchev–Trinajstić information content (AvgIpc) is 2.34. The van der Waals surface area contributed by atoms with E-state index in [1.165, 1.54) is 18.2 Å².